The van der Waals surface area contributed by atoms with Crippen LogP contribution in [0.2, 0.25) is 0 Å². The van der Waals surface area contributed by atoms with E-state index in [1.807, 2.05) is 13.0 Å². The van der Waals surface area contributed by atoms with Crippen molar-refractivity contribution in [2.75, 3.05) is 13.2 Å². The van der Waals surface area contributed by atoms with E-state index in [1.54, 1.807) is 0 Å². The summed E-state index contributed by atoms with van der Waals surface area (Å²) in [5, 5.41) is 2.30. The first-order chi connectivity index (χ1) is 17.2. The number of hydrogen-bond donors (Lipinski definition) is 0. The zero-order valence-electron chi connectivity index (χ0n) is 20.5. The number of esters is 1. The molecule has 0 saturated heterocycles. The van der Waals surface area contributed by atoms with Crippen molar-refractivity contribution in [3.05, 3.63) is 60.7 Å². The molecule has 1 heterocycles. The molecule has 4 aromatic rings. The van der Waals surface area contributed by atoms with Gasteiger partial charge in [-0.1, -0.05) is 49.6 Å². The summed E-state index contributed by atoms with van der Waals surface area (Å²) in [5.41, 5.74) is 3.43. The van der Waals surface area contributed by atoms with E-state index in [2.05, 4.69) is 59.2 Å². The van der Waals surface area contributed by atoms with E-state index in [4.69, 9.17) is 14.5 Å². The zero-order chi connectivity index (χ0) is 24.0. The van der Waals surface area contributed by atoms with Crippen LogP contribution in [0.1, 0.15) is 51.9 Å². The third-order valence-corrected chi connectivity index (χ3v) is 6.99. The molecular formula is C30H34N2O3. The van der Waals surface area contributed by atoms with E-state index in [1.165, 1.54) is 37.6 Å². The molecule has 1 aliphatic carbocycles. The van der Waals surface area contributed by atoms with Crippen LogP contribution in [0.3, 0.4) is 0 Å². The van der Waals surface area contributed by atoms with Crippen molar-refractivity contribution in [3.63, 3.8) is 0 Å². The number of para-hydroxylation sites is 2. The molecule has 0 amide bonds. The lowest BCUT2D eigenvalue weighted by molar-refractivity contribution is -0.143. The zero-order valence-corrected chi connectivity index (χ0v) is 20.5. The Labute approximate surface area is 207 Å². The third-order valence-electron chi connectivity index (χ3n) is 6.99. The second-order valence-electron chi connectivity index (χ2n) is 9.52. The van der Waals surface area contributed by atoms with E-state index < -0.39 is 0 Å². The summed E-state index contributed by atoms with van der Waals surface area (Å²) in [6.07, 6.45) is 7.71. The minimum Gasteiger partial charge on any atom is -0.494 e. The molecule has 0 radical (unpaired) electrons. The fraction of sp³-hybridized carbons (Fsp3) is 0.400. The number of carbonyl (C=O) groups is 1. The lowest BCUT2D eigenvalue weighted by Crippen LogP contribution is -2.14. The molecule has 35 heavy (non-hydrogen) atoms. The number of ether oxygens (including phenoxy) is 2. The molecule has 0 spiro atoms. The number of fused-ring (bicyclic) bond motifs is 2. The van der Waals surface area contributed by atoms with Crippen molar-refractivity contribution in [3.8, 4) is 17.1 Å². The highest BCUT2D eigenvalue weighted by Gasteiger charge is 2.19. The van der Waals surface area contributed by atoms with Crippen molar-refractivity contribution in [2.45, 2.75) is 58.4 Å². The summed E-state index contributed by atoms with van der Waals surface area (Å²) in [6.45, 7) is 3.77. The van der Waals surface area contributed by atoms with Crippen LogP contribution in [0.25, 0.3) is 33.2 Å². The summed E-state index contributed by atoms with van der Waals surface area (Å²) < 4.78 is 13.3. The van der Waals surface area contributed by atoms with Gasteiger partial charge in [0.1, 0.15) is 11.6 Å². The fourth-order valence-corrected chi connectivity index (χ4v) is 5.20. The Morgan fingerprint density at radius 1 is 1.00 bits per heavy atom. The van der Waals surface area contributed by atoms with Gasteiger partial charge in [-0.25, -0.2) is 4.98 Å². The number of carbonyl (C=O) groups excluding carboxylic acids is 1. The highest BCUT2D eigenvalue weighted by atomic mass is 16.5. The Balaban J connectivity index is 1.36. The Kier molecular flexibility index (Phi) is 7.31. The van der Waals surface area contributed by atoms with E-state index in [9.17, 15) is 4.79 Å². The molecule has 1 aliphatic rings. The maximum Gasteiger partial charge on any atom is 0.305 e. The lowest BCUT2D eigenvalue weighted by atomic mass is 9.89. The number of hydrogen-bond acceptors (Lipinski definition) is 4. The van der Waals surface area contributed by atoms with Gasteiger partial charge in [0, 0.05) is 18.5 Å². The van der Waals surface area contributed by atoms with Gasteiger partial charge in [-0.2, -0.15) is 0 Å². The topological polar surface area (TPSA) is 53.4 Å². The van der Waals surface area contributed by atoms with Crippen LogP contribution in [-0.4, -0.2) is 28.7 Å². The molecule has 1 fully saturated rings. The molecule has 0 atom stereocenters. The molecular weight excluding hydrogens is 436 g/mol. The second-order valence-corrected chi connectivity index (χ2v) is 9.52. The third kappa shape index (κ3) is 5.50. The first-order valence-corrected chi connectivity index (χ1v) is 13.0. The smallest absolute Gasteiger partial charge is 0.305 e. The molecule has 5 heteroatoms. The number of imidazole rings is 1. The molecule has 1 aromatic heterocycles. The maximum absolute atomic E-state index is 11.5. The van der Waals surface area contributed by atoms with E-state index in [-0.39, 0.29) is 5.97 Å². The number of rotatable bonds is 9. The van der Waals surface area contributed by atoms with Gasteiger partial charge in [-0.05, 0) is 73.2 Å². The minimum absolute atomic E-state index is 0.170. The molecule has 0 bridgehead atoms. The van der Waals surface area contributed by atoms with Gasteiger partial charge in [-0.15, -0.1) is 0 Å². The van der Waals surface area contributed by atoms with Gasteiger partial charge in [0.15, 0.2) is 0 Å². The van der Waals surface area contributed by atoms with Crippen LogP contribution in [0.15, 0.2) is 60.7 Å². The SMILES string of the molecule is CCOC(=O)CCCOc1ccc2cc(-c3nc4ccccc4n3CC3CCCCC3)ccc2c1. The fourth-order valence-electron chi connectivity index (χ4n) is 5.20. The van der Waals surface area contributed by atoms with E-state index in [0.29, 0.717) is 26.1 Å². The van der Waals surface area contributed by atoms with Crippen LogP contribution in [-0.2, 0) is 16.1 Å². The molecule has 3 aromatic carbocycles. The quantitative estimate of drug-likeness (QED) is 0.192. The summed E-state index contributed by atoms with van der Waals surface area (Å²) in [4.78, 5) is 16.5. The summed E-state index contributed by atoms with van der Waals surface area (Å²) >= 11 is 0. The van der Waals surface area contributed by atoms with E-state index in [0.717, 1.165) is 45.9 Å². The molecule has 182 valence electrons. The van der Waals surface area contributed by atoms with Gasteiger partial charge in [-0.3, -0.25) is 4.79 Å². The standard InChI is InChI=1S/C30H34N2O3/c1-2-34-29(33)13-8-18-35-26-17-16-23-19-25(15-14-24(23)20-26)30-31-27-11-6-7-12-28(27)32(30)21-22-9-4-3-5-10-22/h6-7,11-12,14-17,19-20,22H,2-5,8-10,13,18,21H2,1H3. The predicted octanol–water partition coefficient (Wildman–Crippen LogP) is 7.16. The van der Waals surface area contributed by atoms with Crippen LogP contribution in [0.4, 0.5) is 0 Å². The average Bonchev–Trinajstić information content (AvgIpc) is 3.25. The first-order valence-electron chi connectivity index (χ1n) is 13.0. The normalized spacial score (nSPS) is 14.4. The minimum atomic E-state index is -0.170. The lowest BCUT2D eigenvalue weighted by Gasteiger charge is -2.23. The molecule has 5 rings (SSSR count). The van der Waals surface area contributed by atoms with Crippen LogP contribution < -0.4 is 4.74 Å². The molecule has 1 saturated carbocycles. The van der Waals surface area contributed by atoms with Gasteiger partial charge in [0.25, 0.3) is 0 Å². The van der Waals surface area contributed by atoms with Gasteiger partial charge in [0.2, 0.25) is 0 Å². The van der Waals surface area contributed by atoms with Gasteiger partial charge >= 0.3 is 5.97 Å². The second kappa shape index (κ2) is 10.9. The summed E-state index contributed by atoms with van der Waals surface area (Å²) in [5.74, 6) is 2.43. The Morgan fingerprint density at radius 2 is 1.80 bits per heavy atom. The molecule has 0 unspecified atom stereocenters. The highest BCUT2D eigenvalue weighted by molar-refractivity contribution is 5.89. The number of aromatic nitrogens is 2. The monoisotopic (exact) mass is 470 g/mol. The molecule has 5 nitrogen and oxygen atoms in total. The van der Waals surface area contributed by atoms with Crippen molar-refractivity contribution in [1.29, 1.82) is 0 Å². The van der Waals surface area contributed by atoms with Crippen molar-refractivity contribution >= 4 is 27.8 Å². The summed E-state index contributed by atoms with van der Waals surface area (Å²) in [7, 11) is 0. The number of nitrogens with zero attached hydrogens (tertiary/aromatic N) is 2. The van der Waals surface area contributed by atoms with Gasteiger partial charge in [0.05, 0.1) is 24.2 Å². The maximum atomic E-state index is 11.5. The van der Waals surface area contributed by atoms with Crippen LogP contribution >= 0.6 is 0 Å². The Morgan fingerprint density at radius 3 is 2.66 bits per heavy atom. The van der Waals surface area contributed by atoms with Crippen molar-refractivity contribution < 1.29 is 14.3 Å². The largest absolute Gasteiger partial charge is 0.494 e. The summed E-state index contributed by atoms with van der Waals surface area (Å²) in [6, 6.07) is 21.2. The predicted molar refractivity (Wildman–Crippen MR) is 141 cm³/mol. The van der Waals surface area contributed by atoms with Crippen molar-refractivity contribution in [1.82, 2.24) is 9.55 Å². The Hall–Kier alpha value is -3.34. The number of benzene rings is 3. The average molecular weight is 471 g/mol. The van der Waals surface area contributed by atoms with Gasteiger partial charge < -0.3 is 14.0 Å². The van der Waals surface area contributed by atoms with E-state index >= 15 is 0 Å². The highest BCUT2D eigenvalue weighted by Crippen LogP contribution is 2.32. The van der Waals surface area contributed by atoms with Crippen LogP contribution in [0.5, 0.6) is 5.75 Å². The first kappa shape index (κ1) is 23.4. The van der Waals surface area contributed by atoms with Crippen molar-refractivity contribution in [2.24, 2.45) is 5.92 Å². The van der Waals surface area contributed by atoms with Crippen LogP contribution in [0, 0.1) is 5.92 Å². The Bertz CT molecular complexity index is 1300. The molecule has 0 aliphatic heterocycles. The molecule has 0 N–H and O–H groups in total.